The van der Waals surface area contributed by atoms with E-state index < -0.39 is 23.3 Å². The summed E-state index contributed by atoms with van der Waals surface area (Å²) in [6.45, 7) is 2.51. The SMILES string of the molecule is Cc1ccccc1C1c2cc(C(=O)O)ccc2CCN1c1nc(-c2nc3ccccc3o2)c(O)c(=O)n1C. The van der Waals surface area contributed by atoms with Gasteiger partial charge in [0.1, 0.15) is 5.52 Å². The third-order valence-corrected chi connectivity index (χ3v) is 7.10. The second-order valence-electron chi connectivity index (χ2n) is 9.38. The molecule has 1 atom stereocenters. The molecule has 0 saturated heterocycles. The standard InChI is InChI=1S/C29H24N4O5/c1-16-7-3-4-8-19(16)24-20-15-18(28(36)37)12-11-17(20)13-14-33(24)29-31-23(25(34)27(35)32(29)2)26-30-21-9-5-6-10-22(21)38-26/h3-12,15,24,34H,13-14H2,1-2H3,(H,36,37). The van der Waals surface area contributed by atoms with E-state index in [0.717, 1.165) is 22.3 Å². The largest absolute Gasteiger partial charge is 0.501 e. The molecule has 1 unspecified atom stereocenters. The van der Waals surface area contributed by atoms with E-state index in [4.69, 9.17) is 9.40 Å². The number of hydrogen-bond donors (Lipinski definition) is 2. The van der Waals surface area contributed by atoms with E-state index >= 15 is 0 Å². The van der Waals surface area contributed by atoms with Gasteiger partial charge < -0.3 is 19.5 Å². The fourth-order valence-electron chi connectivity index (χ4n) is 5.15. The second-order valence-corrected chi connectivity index (χ2v) is 9.38. The number of carboxylic acid groups (broad SMARTS) is 1. The molecule has 2 aromatic heterocycles. The van der Waals surface area contributed by atoms with Crippen LogP contribution in [0.3, 0.4) is 0 Å². The molecule has 3 aromatic carbocycles. The second kappa shape index (κ2) is 8.88. The summed E-state index contributed by atoms with van der Waals surface area (Å²) >= 11 is 0. The predicted octanol–water partition coefficient (Wildman–Crippen LogP) is 4.45. The number of para-hydroxylation sites is 2. The molecule has 9 heteroatoms. The number of benzene rings is 3. The van der Waals surface area contributed by atoms with Crippen molar-refractivity contribution in [2.24, 2.45) is 7.05 Å². The molecule has 3 heterocycles. The van der Waals surface area contributed by atoms with Crippen LogP contribution < -0.4 is 10.5 Å². The van der Waals surface area contributed by atoms with Crippen LogP contribution in [0, 0.1) is 6.92 Å². The Morgan fingerprint density at radius 1 is 1.03 bits per heavy atom. The van der Waals surface area contributed by atoms with Crippen LogP contribution in [0.15, 0.2) is 75.9 Å². The Kier molecular flexibility index (Phi) is 5.48. The van der Waals surface area contributed by atoms with Gasteiger partial charge in [-0.25, -0.2) is 14.8 Å². The van der Waals surface area contributed by atoms with Crippen molar-refractivity contribution < 1.29 is 19.4 Å². The summed E-state index contributed by atoms with van der Waals surface area (Å²) in [6, 6.07) is 19.8. The van der Waals surface area contributed by atoms with E-state index in [-0.39, 0.29) is 17.1 Å². The molecule has 1 aliphatic rings. The van der Waals surface area contributed by atoms with Gasteiger partial charge in [-0.05, 0) is 59.9 Å². The van der Waals surface area contributed by atoms with Crippen molar-refractivity contribution in [1.82, 2.24) is 14.5 Å². The molecule has 0 saturated carbocycles. The molecule has 6 rings (SSSR count). The smallest absolute Gasteiger partial charge is 0.335 e. The van der Waals surface area contributed by atoms with E-state index in [9.17, 15) is 19.8 Å². The maximum absolute atomic E-state index is 13.2. The Bertz CT molecular complexity index is 1760. The molecule has 9 nitrogen and oxygen atoms in total. The van der Waals surface area contributed by atoms with Crippen molar-refractivity contribution in [2.45, 2.75) is 19.4 Å². The van der Waals surface area contributed by atoms with Crippen LogP contribution in [0.1, 0.15) is 38.7 Å². The summed E-state index contributed by atoms with van der Waals surface area (Å²) in [6.07, 6.45) is 0.618. The number of carboxylic acids is 1. The van der Waals surface area contributed by atoms with Crippen LogP contribution in [0.4, 0.5) is 5.95 Å². The molecule has 2 N–H and O–H groups in total. The molecule has 38 heavy (non-hydrogen) atoms. The van der Waals surface area contributed by atoms with Crippen molar-refractivity contribution in [3.8, 4) is 17.3 Å². The molecule has 0 aliphatic carbocycles. The summed E-state index contributed by atoms with van der Waals surface area (Å²) in [5.41, 5.74) is 4.42. The normalized spacial score (nSPS) is 15.0. The Balaban J connectivity index is 1.58. The Morgan fingerprint density at radius 3 is 2.55 bits per heavy atom. The number of aromatic hydroxyl groups is 1. The molecule has 0 spiro atoms. The van der Waals surface area contributed by atoms with Gasteiger partial charge in [0.25, 0.3) is 11.4 Å². The first-order valence-corrected chi connectivity index (χ1v) is 12.2. The highest BCUT2D eigenvalue weighted by atomic mass is 16.4. The molecule has 0 amide bonds. The maximum atomic E-state index is 13.2. The van der Waals surface area contributed by atoms with Crippen molar-refractivity contribution in [1.29, 1.82) is 0 Å². The number of oxazole rings is 1. The molecule has 0 bridgehead atoms. The van der Waals surface area contributed by atoms with E-state index in [1.54, 1.807) is 31.3 Å². The minimum absolute atomic E-state index is 0.0423. The van der Waals surface area contributed by atoms with Gasteiger partial charge in [0.15, 0.2) is 11.3 Å². The van der Waals surface area contributed by atoms with Crippen molar-refractivity contribution in [3.63, 3.8) is 0 Å². The summed E-state index contributed by atoms with van der Waals surface area (Å²) in [4.78, 5) is 36.2. The molecular formula is C29H24N4O5. The zero-order valence-electron chi connectivity index (χ0n) is 20.8. The Labute approximate surface area is 217 Å². The number of aromatic carboxylic acids is 1. The van der Waals surface area contributed by atoms with Crippen LogP contribution in [0.25, 0.3) is 22.7 Å². The highest BCUT2D eigenvalue weighted by molar-refractivity contribution is 5.88. The number of aromatic nitrogens is 3. The summed E-state index contributed by atoms with van der Waals surface area (Å²) in [7, 11) is 1.55. The van der Waals surface area contributed by atoms with Crippen LogP contribution >= 0.6 is 0 Å². The van der Waals surface area contributed by atoms with Crippen molar-refractivity contribution in [2.75, 3.05) is 11.4 Å². The van der Waals surface area contributed by atoms with Crippen LogP contribution in [0.2, 0.25) is 0 Å². The van der Waals surface area contributed by atoms with E-state index in [1.807, 2.05) is 54.3 Å². The predicted molar refractivity (Wildman–Crippen MR) is 142 cm³/mol. The maximum Gasteiger partial charge on any atom is 0.335 e. The average molecular weight is 509 g/mol. The number of nitrogens with zero attached hydrogens (tertiary/aromatic N) is 4. The number of carbonyl (C=O) groups is 1. The number of hydrogen-bond acceptors (Lipinski definition) is 7. The van der Waals surface area contributed by atoms with Crippen molar-refractivity contribution >= 4 is 23.0 Å². The molecule has 190 valence electrons. The summed E-state index contributed by atoms with van der Waals surface area (Å²) in [5.74, 6) is -1.21. The zero-order valence-corrected chi connectivity index (χ0v) is 20.8. The van der Waals surface area contributed by atoms with E-state index in [1.165, 1.54) is 4.57 Å². The van der Waals surface area contributed by atoms with Crippen LogP contribution in [0.5, 0.6) is 5.75 Å². The Morgan fingerprint density at radius 2 is 1.79 bits per heavy atom. The van der Waals surface area contributed by atoms with E-state index in [2.05, 4.69) is 4.98 Å². The summed E-state index contributed by atoms with van der Waals surface area (Å²) in [5, 5.41) is 20.5. The van der Waals surface area contributed by atoms with Crippen LogP contribution in [-0.4, -0.2) is 37.3 Å². The van der Waals surface area contributed by atoms with Gasteiger partial charge in [0.2, 0.25) is 11.7 Å². The minimum Gasteiger partial charge on any atom is -0.501 e. The topological polar surface area (TPSA) is 122 Å². The monoisotopic (exact) mass is 508 g/mol. The van der Waals surface area contributed by atoms with Gasteiger partial charge >= 0.3 is 5.97 Å². The average Bonchev–Trinajstić information content (AvgIpc) is 3.35. The summed E-state index contributed by atoms with van der Waals surface area (Å²) < 4.78 is 7.14. The lowest BCUT2D eigenvalue weighted by Crippen LogP contribution is -2.40. The van der Waals surface area contributed by atoms with Gasteiger partial charge in [-0.1, -0.05) is 42.5 Å². The van der Waals surface area contributed by atoms with Gasteiger partial charge in [0.05, 0.1) is 11.6 Å². The van der Waals surface area contributed by atoms with Gasteiger partial charge in [-0.15, -0.1) is 0 Å². The number of anilines is 1. The third-order valence-electron chi connectivity index (χ3n) is 7.10. The Hall–Kier alpha value is -4.92. The quantitative estimate of drug-likeness (QED) is 0.365. The highest BCUT2D eigenvalue weighted by Gasteiger charge is 2.34. The highest BCUT2D eigenvalue weighted by Crippen LogP contribution is 2.40. The lowest BCUT2D eigenvalue weighted by Gasteiger charge is -2.39. The van der Waals surface area contributed by atoms with Crippen LogP contribution in [-0.2, 0) is 13.5 Å². The first kappa shape index (κ1) is 23.5. The lowest BCUT2D eigenvalue weighted by atomic mass is 9.85. The molecule has 1 aliphatic heterocycles. The minimum atomic E-state index is -1.01. The fraction of sp³-hybridized carbons (Fsp3) is 0.172. The number of fused-ring (bicyclic) bond motifs is 2. The molecule has 0 radical (unpaired) electrons. The molecule has 5 aromatic rings. The fourth-order valence-corrected chi connectivity index (χ4v) is 5.15. The first-order chi connectivity index (χ1) is 18.3. The van der Waals surface area contributed by atoms with E-state index in [0.29, 0.717) is 30.0 Å². The number of aryl methyl sites for hydroxylation is 1. The van der Waals surface area contributed by atoms with Gasteiger partial charge in [-0.2, -0.15) is 0 Å². The van der Waals surface area contributed by atoms with Crippen molar-refractivity contribution in [3.05, 3.63) is 105 Å². The zero-order chi connectivity index (χ0) is 26.6. The lowest BCUT2D eigenvalue weighted by molar-refractivity contribution is 0.0696. The van der Waals surface area contributed by atoms with Gasteiger partial charge in [-0.3, -0.25) is 9.36 Å². The third kappa shape index (κ3) is 3.71. The molecule has 0 fully saturated rings. The number of rotatable bonds is 4. The van der Waals surface area contributed by atoms with Gasteiger partial charge in [0, 0.05) is 13.6 Å². The first-order valence-electron chi connectivity index (χ1n) is 12.2. The molecular weight excluding hydrogens is 484 g/mol.